The number of ether oxygens (including phenoxy) is 1. The van der Waals surface area contributed by atoms with Crippen LogP contribution in [0, 0.1) is 11.8 Å². The number of aromatic nitrogens is 1. The molecular formula is C33H31F7N2O6S. The van der Waals surface area contributed by atoms with Gasteiger partial charge >= 0.3 is 24.0 Å². The predicted octanol–water partition coefficient (Wildman–Crippen LogP) is 6.83. The predicted molar refractivity (Wildman–Crippen MR) is 158 cm³/mol. The highest BCUT2D eigenvalue weighted by Crippen LogP contribution is 2.57. The number of aryl methyl sites for hydroxylation is 1. The van der Waals surface area contributed by atoms with E-state index in [0.717, 1.165) is 6.07 Å². The van der Waals surface area contributed by atoms with Crippen molar-refractivity contribution in [1.82, 2.24) is 10.1 Å². The number of nitrogens with zero attached hydrogens (tertiary/aromatic N) is 2. The molecule has 8 nitrogen and oxygen atoms in total. The van der Waals surface area contributed by atoms with Crippen LogP contribution in [-0.4, -0.2) is 62.4 Å². The van der Waals surface area contributed by atoms with Gasteiger partial charge in [0.15, 0.2) is 9.84 Å². The zero-order valence-corrected chi connectivity index (χ0v) is 26.8. The summed E-state index contributed by atoms with van der Waals surface area (Å²) in [6, 6.07) is 6.25. The number of carbonyl (C=O) groups excluding carboxylic acids is 2. The summed E-state index contributed by atoms with van der Waals surface area (Å²) in [4.78, 5) is 27.3. The Morgan fingerprint density at radius 2 is 1.53 bits per heavy atom. The first kappa shape index (κ1) is 34.9. The second-order valence-electron chi connectivity index (χ2n) is 12.8. The second-order valence-corrected chi connectivity index (χ2v) is 15.0. The third kappa shape index (κ3) is 5.40. The van der Waals surface area contributed by atoms with Gasteiger partial charge in [0, 0.05) is 23.6 Å². The first-order chi connectivity index (χ1) is 23.0. The van der Waals surface area contributed by atoms with E-state index >= 15 is 4.39 Å². The zero-order chi connectivity index (χ0) is 35.6. The number of carbonyl (C=O) groups is 2. The molecule has 6 rings (SSSR count). The van der Waals surface area contributed by atoms with E-state index in [1.54, 1.807) is 0 Å². The molecule has 0 radical (unpaired) electrons. The highest BCUT2D eigenvalue weighted by Gasteiger charge is 2.74. The Morgan fingerprint density at radius 3 is 2.10 bits per heavy atom. The van der Waals surface area contributed by atoms with E-state index < -0.39 is 50.1 Å². The number of amides is 1. The highest BCUT2D eigenvalue weighted by atomic mass is 32.2. The summed E-state index contributed by atoms with van der Waals surface area (Å²) in [5.41, 5.74) is -6.54. The minimum atomic E-state index is -6.35. The fraction of sp³-hybridized carbons (Fsp3) is 0.485. The van der Waals surface area contributed by atoms with Crippen molar-refractivity contribution in [2.75, 3.05) is 13.7 Å². The maximum atomic E-state index is 15.1. The van der Waals surface area contributed by atoms with Crippen molar-refractivity contribution in [3.05, 3.63) is 71.6 Å². The molecule has 1 aromatic heterocycles. The Morgan fingerprint density at radius 1 is 0.898 bits per heavy atom. The van der Waals surface area contributed by atoms with Crippen LogP contribution >= 0.6 is 0 Å². The molecule has 16 heteroatoms. The molecule has 1 saturated carbocycles. The number of likely N-dealkylation sites (tertiary alicyclic amines) is 1. The molecule has 2 aromatic carbocycles. The number of methoxy groups -OCH3 is 1. The minimum absolute atomic E-state index is 0.0578. The van der Waals surface area contributed by atoms with E-state index in [9.17, 15) is 44.3 Å². The number of hydrogen-bond acceptors (Lipinski definition) is 7. The van der Waals surface area contributed by atoms with E-state index in [0.29, 0.717) is 48.9 Å². The molecule has 2 atom stereocenters. The van der Waals surface area contributed by atoms with Gasteiger partial charge in [-0.1, -0.05) is 35.5 Å². The van der Waals surface area contributed by atoms with E-state index in [1.165, 1.54) is 48.7 Å². The van der Waals surface area contributed by atoms with Gasteiger partial charge in [0.1, 0.15) is 11.0 Å². The van der Waals surface area contributed by atoms with Crippen LogP contribution in [0.3, 0.4) is 0 Å². The SMILES string of the molecule is COC(=O)[C@H]1CC[C@H](C(=O)N2CCC3(S(=O)(=O)c4ccc(-c5cnoc5)cc4)c4ccc(C(F)(C(F)(F)F)C(F)(F)F)cc4CCC23)CC1. The van der Waals surface area contributed by atoms with Gasteiger partial charge in [-0.05, 0) is 73.8 Å². The Hall–Kier alpha value is -3.95. The average Bonchev–Trinajstić information content (AvgIpc) is 3.76. The lowest BCUT2D eigenvalue weighted by molar-refractivity contribution is -0.348. The van der Waals surface area contributed by atoms with Crippen molar-refractivity contribution < 1.29 is 58.0 Å². The van der Waals surface area contributed by atoms with Gasteiger partial charge in [0.05, 0.1) is 30.2 Å². The number of esters is 1. The van der Waals surface area contributed by atoms with Gasteiger partial charge in [-0.3, -0.25) is 9.59 Å². The van der Waals surface area contributed by atoms with Crippen LogP contribution in [0.15, 0.2) is 64.3 Å². The first-order valence-corrected chi connectivity index (χ1v) is 17.0. The number of fused-ring (bicyclic) bond motifs is 3. The minimum Gasteiger partial charge on any atom is -0.469 e. The van der Waals surface area contributed by atoms with Gasteiger partial charge in [-0.25, -0.2) is 12.8 Å². The summed E-state index contributed by atoms with van der Waals surface area (Å²) < 4.78 is 135. The lowest BCUT2D eigenvalue weighted by Gasteiger charge is -2.44. The molecule has 2 aliphatic carbocycles. The molecule has 3 aliphatic rings. The van der Waals surface area contributed by atoms with Crippen LogP contribution in [0.25, 0.3) is 11.1 Å². The number of hydrogen-bond donors (Lipinski definition) is 0. The van der Waals surface area contributed by atoms with Crippen molar-refractivity contribution in [1.29, 1.82) is 0 Å². The number of rotatable bonds is 6. The van der Waals surface area contributed by atoms with Crippen molar-refractivity contribution in [3.8, 4) is 11.1 Å². The number of alkyl halides is 7. The molecule has 264 valence electrons. The molecule has 0 bridgehead atoms. The Bertz CT molecular complexity index is 1820. The second kappa shape index (κ2) is 12.1. The molecular weight excluding hydrogens is 685 g/mol. The van der Waals surface area contributed by atoms with Crippen LogP contribution in [-0.2, 0) is 41.0 Å². The zero-order valence-electron chi connectivity index (χ0n) is 26.0. The molecule has 1 amide bonds. The quantitative estimate of drug-likeness (QED) is 0.204. The van der Waals surface area contributed by atoms with E-state index in [-0.39, 0.29) is 59.6 Å². The molecule has 2 fully saturated rings. The Balaban J connectivity index is 1.43. The Labute approximate surface area is 276 Å². The van der Waals surface area contributed by atoms with Gasteiger partial charge in [-0.15, -0.1) is 0 Å². The molecule has 1 saturated heterocycles. The number of benzene rings is 2. The largest absolute Gasteiger partial charge is 0.469 e. The van der Waals surface area contributed by atoms with Gasteiger partial charge < -0.3 is 14.2 Å². The van der Waals surface area contributed by atoms with Crippen molar-refractivity contribution in [3.63, 3.8) is 0 Å². The lowest BCUT2D eigenvalue weighted by atomic mass is 9.76. The average molecular weight is 717 g/mol. The molecule has 2 heterocycles. The summed E-state index contributed by atoms with van der Waals surface area (Å²) in [6.07, 6.45) is -9.00. The third-order valence-corrected chi connectivity index (χ3v) is 12.9. The standard InChI is InChI=1S/C33H31F7N2O6S/c1-47-29(44)21-4-2-20(3-5-21)28(43)42-15-14-30(49(45,46)25-10-6-19(7-11-25)23-17-41-48-18-23)26-12-9-24(16-22(26)8-13-27(30)42)31(34,32(35,36)37)33(38,39)40/h6-7,9-12,16-18,20-21,27H,2-5,8,13-15H2,1H3/t20-,21-,27?,30?. The monoisotopic (exact) mass is 716 g/mol. The summed E-state index contributed by atoms with van der Waals surface area (Å²) in [6.45, 7) is -0.0578. The van der Waals surface area contributed by atoms with Gasteiger partial charge in [0.2, 0.25) is 5.91 Å². The fourth-order valence-corrected chi connectivity index (χ4v) is 10.2. The maximum Gasteiger partial charge on any atom is 0.435 e. The summed E-state index contributed by atoms with van der Waals surface area (Å²) >= 11 is 0. The summed E-state index contributed by atoms with van der Waals surface area (Å²) in [7, 11) is -3.24. The topological polar surface area (TPSA) is 107 Å². The molecule has 49 heavy (non-hydrogen) atoms. The maximum absolute atomic E-state index is 15.1. The third-order valence-electron chi connectivity index (χ3n) is 10.4. The molecule has 3 aromatic rings. The van der Waals surface area contributed by atoms with Crippen LogP contribution in [0.5, 0.6) is 0 Å². The van der Waals surface area contributed by atoms with E-state index in [4.69, 9.17) is 9.26 Å². The van der Waals surface area contributed by atoms with Crippen LogP contribution in [0.1, 0.15) is 55.2 Å². The van der Waals surface area contributed by atoms with Crippen molar-refractivity contribution in [2.45, 2.75) is 78.7 Å². The molecule has 2 unspecified atom stereocenters. The molecule has 0 spiro atoms. The smallest absolute Gasteiger partial charge is 0.435 e. The fourth-order valence-electron chi connectivity index (χ4n) is 7.86. The van der Waals surface area contributed by atoms with Crippen LogP contribution < -0.4 is 0 Å². The van der Waals surface area contributed by atoms with Crippen molar-refractivity contribution >= 4 is 21.7 Å². The van der Waals surface area contributed by atoms with Gasteiger partial charge in [-0.2, -0.15) is 26.3 Å². The first-order valence-electron chi connectivity index (χ1n) is 15.6. The van der Waals surface area contributed by atoms with Crippen LogP contribution in [0.2, 0.25) is 0 Å². The molecule has 0 N–H and O–H groups in total. The van der Waals surface area contributed by atoms with Crippen molar-refractivity contribution in [2.24, 2.45) is 11.8 Å². The number of halogens is 7. The van der Waals surface area contributed by atoms with Crippen LogP contribution in [0.4, 0.5) is 30.7 Å². The normalized spacial score (nSPS) is 24.7. The summed E-state index contributed by atoms with van der Waals surface area (Å²) in [5, 5.41) is 3.62. The van der Waals surface area contributed by atoms with E-state index in [1.807, 2.05) is 0 Å². The van der Waals surface area contributed by atoms with Gasteiger partial charge in [0.25, 0.3) is 0 Å². The van der Waals surface area contributed by atoms with E-state index in [2.05, 4.69) is 5.16 Å². The lowest BCUT2D eigenvalue weighted by Crippen LogP contribution is -2.53. The highest BCUT2D eigenvalue weighted by molar-refractivity contribution is 7.92. The summed E-state index contributed by atoms with van der Waals surface area (Å²) in [5.74, 6) is -1.63. The number of sulfone groups is 1. The Kier molecular flexibility index (Phi) is 8.64. The molecule has 1 aliphatic heterocycles.